The largest absolute Gasteiger partial charge is 0.317 e. The summed E-state index contributed by atoms with van der Waals surface area (Å²) < 4.78 is 0. The average Bonchev–Trinajstić information content (AvgIpc) is 3.15. The van der Waals surface area contributed by atoms with Gasteiger partial charge in [-0.05, 0) is 64.2 Å². The van der Waals surface area contributed by atoms with Crippen LogP contribution in [-0.4, -0.2) is 37.1 Å². The van der Waals surface area contributed by atoms with Gasteiger partial charge in [-0.15, -0.1) is 0 Å². The lowest BCUT2D eigenvalue weighted by Crippen LogP contribution is -2.29. The number of unbranched alkanes of at least 4 members (excludes halogenated alkanes) is 3. The van der Waals surface area contributed by atoms with Gasteiger partial charge in [0.15, 0.2) is 0 Å². The van der Waals surface area contributed by atoms with E-state index in [9.17, 15) is 0 Å². The molecule has 0 aliphatic heterocycles. The van der Waals surface area contributed by atoms with Gasteiger partial charge in [0.2, 0.25) is 0 Å². The average molecular weight is 254 g/mol. The first kappa shape index (κ1) is 16.0. The van der Waals surface area contributed by atoms with Gasteiger partial charge in [0.1, 0.15) is 0 Å². The molecular weight excluding hydrogens is 220 g/mol. The Morgan fingerprint density at radius 3 is 2.39 bits per heavy atom. The highest BCUT2D eigenvalue weighted by molar-refractivity contribution is 4.84. The van der Waals surface area contributed by atoms with E-state index >= 15 is 0 Å². The Kier molecular flexibility index (Phi) is 8.70. The Morgan fingerprint density at radius 2 is 1.78 bits per heavy atom. The summed E-state index contributed by atoms with van der Waals surface area (Å²) in [6.07, 6.45) is 9.85. The SMILES string of the molecule is CCNCCCCCCN(CCC(C)C)C1CC1. The lowest BCUT2D eigenvalue weighted by molar-refractivity contribution is 0.242. The van der Waals surface area contributed by atoms with Crippen molar-refractivity contribution in [2.45, 2.75) is 71.8 Å². The molecule has 1 N–H and O–H groups in total. The lowest BCUT2D eigenvalue weighted by atomic mass is 10.1. The van der Waals surface area contributed by atoms with Crippen LogP contribution in [0.1, 0.15) is 65.7 Å². The van der Waals surface area contributed by atoms with E-state index in [0.29, 0.717) is 0 Å². The quantitative estimate of drug-likeness (QED) is 0.535. The van der Waals surface area contributed by atoms with Crippen LogP contribution in [0, 0.1) is 5.92 Å². The number of nitrogens with zero attached hydrogens (tertiary/aromatic N) is 1. The smallest absolute Gasteiger partial charge is 0.00964 e. The van der Waals surface area contributed by atoms with Crippen molar-refractivity contribution < 1.29 is 0 Å². The number of hydrogen-bond acceptors (Lipinski definition) is 2. The van der Waals surface area contributed by atoms with Crippen molar-refractivity contribution in [1.29, 1.82) is 0 Å². The normalized spacial score (nSPS) is 15.8. The van der Waals surface area contributed by atoms with Crippen LogP contribution in [0.2, 0.25) is 0 Å². The van der Waals surface area contributed by atoms with Crippen LogP contribution in [0.3, 0.4) is 0 Å². The zero-order valence-corrected chi connectivity index (χ0v) is 12.9. The minimum atomic E-state index is 0.853. The zero-order chi connectivity index (χ0) is 13.2. The molecule has 0 amide bonds. The van der Waals surface area contributed by atoms with Gasteiger partial charge in [-0.1, -0.05) is 33.6 Å². The molecule has 0 aromatic heterocycles. The molecule has 0 aromatic carbocycles. The fourth-order valence-electron chi connectivity index (χ4n) is 2.44. The first-order chi connectivity index (χ1) is 8.74. The molecule has 0 spiro atoms. The molecule has 1 aliphatic rings. The summed E-state index contributed by atoms with van der Waals surface area (Å²) in [5, 5.41) is 3.40. The van der Waals surface area contributed by atoms with E-state index in [1.54, 1.807) is 0 Å². The third-order valence-electron chi connectivity index (χ3n) is 3.86. The Labute approximate surface area is 115 Å². The van der Waals surface area contributed by atoms with E-state index in [1.807, 2.05) is 0 Å². The predicted octanol–water partition coefficient (Wildman–Crippen LogP) is 3.67. The van der Waals surface area contributed by atoms with Crippen LogP contribution < -0.4 is 5.32 Å². The van der Waals surface area contributed by atoms with E-state index < -0.39 is 0 Å². The molecule has 0 heterocycles. The molecule has 0 aromatic rings. The van der Waals surface area contributed by atoms with Crippen molar-refractivity contribution in [2.75, 3.05) is 26.2 Å². The molecule has 2 nitrogen and oxygen atoms in total. The van der Waals surface area contributed by atoms with Gasteiger partial charge < -0.3 is 10.2 Å². The molecule has 1 rings (SSSR count). The van der Waals surface area contributed by atoms with Crippen molar-refractivity contribution in [3.8, 4) is 0 Å². The number of rotatable bonds is 12. The summed E-state index contributed by atoms with van der Waals surface area (Å²) >= 11 is 0. The second-order valence-corrected chi connectivity index (χ2v) is 6.22. The maximum Gasteiger partial charge on any atom is 0.00964 e. The highest BCUT2D eigenvalue weighted by atomic mass is 15.2. The van der Waals surface area contributed by atoms with Crippen molar-refractivity contribution in [3.05, 3.63) is 0 Å². The molecule has 1 aliphatic carbocycles. The number of hydrogen-bond donors (Lipinski definition) is 1. The van der Waals surface area contributed by atoms with E-state index in [1.165, 1.54) is 64.6 Å². The van der Waals surface area contributed by atoms with Crippen LogP contribution in [0.25, 0.3) is 0 Å². The maximum absolute atomic E-state index is 3.40. The molecule has 0 unspecified atom stereocenters. The summed E-state index contributed by atoms with van der Waals surface area (Å²) in [6, 6.07) is 0.950. The van der Waals surface area contributed by atoms with E-state index in [-0.39, 0.29) is 0 Å². The van der Waals surface area contributed by atoms with Gasteiger partial charge in [-0.3, -0.25) is 0 Å². The van der Waals surface area contributed by atoms with Crippen molar-refractivity contribution in [2.24, 2.45) is 5.92 Å². The molecule has 108 valence electrons. The summed E-state index contributed by atoms with van der Waals surface area (Å²) in [5.74, 6) is 0.853. The molecule has 0 atom stereocenters. The fraction of sp³-hybridized carbons (Fsp3) is 1.00. The molecule has 2 heteroatoms. The molecule has 1 saturated carbocycles. The fourth-order valence-corrected chi connectivity index (χ4v) is 2.44. The first-order valence-electron chi connectivity index (χ1n) is 8.18. The summed E-state index contributed by atoms with van der Waals surface area (Å²) in [6.45, 7) is 11.9. The summed E-state index contributed by atoms with van der Waals surface area (Å²) in [7, 11) is 0. The standard InChI is InChI=1S/C16H34N2/c1-4-17-12-7-5-6-8-13-18(16-9-10-16)14-11-15(2)3/h15-17H,4-14H2,1-3H3. The van der Waals surface area contributed by atoms with Crippen LogP contribution in [-0.2, 0) is 0 Å². The Bertz CT molecular complexity index is 188. The van der Waals surface area contributed by atoms with Gasteiger partial charge in [-0.25, -0.2) is 0 Å². The molecule has 18 heavy (non-hydrogen) atoms. The van der Waals surface area contributed by atoms with E-state index in [0.717, 1.165) is 18.5 Å². The van der Waals surface area contributed by atoms with Crippen LogP contribution in [0.15, 0.2) is 0 Å². The Balaban J connectivity index is 1.96. The Hall–Kier alpha value is -0.0800. The third kappa shape index (κ3) is 8.10. The lowest BCUT2D eigenvalue weighted by Gasteiger charge is -2.22. The maximum atomic E-state index is 3.40. The van der Waals surface area contributed by atoms with Gasteiger partial charge in [0.25, 0.3) is 0 Å². The first-order valence-corrected chi connectivity index (χ1v) is 8.18. The second kappa shape index (κ2) is 9.80. The third-order valence-corrected chi connectivity index (χ3v) is 3.86. The summed E-state index contributed by atoms with van der Waals surface area (Å²) in [4.78, 5) is 2.75. The monoisotopic (exact) mass is 254 g/mol. The van der Waals surface area contributed by atoms with Crippen LogP contribution >= 0.6 is 0 Å². The van der Waals surface area contributed by atoms with Crippen LogP contribution in [0.4, 0.5) is 0 Å². The van der Waals surface area contributed by atoms with Gasteiger partial charge in [-0.2, -0.15) is 0 Å². The van der Waals surface area contributed by atoms with Crippen molar-refractivity contribution in [3.63, 3.8) is 0 Å². The zero-order valence-electron chi connectivity index (χ0n) is 12.9. The van der Waals surface area contributed by atoms with E-state index in [4.69, 9.17) is 0 Å². The molecule has 1 fully saturated rings. The second-order valence-electron chi connectivity index (χ2n) is 6.22. The predicted molar refractivity (Wildman–Crippen MR) is 81.1 cm³/mol. The van der Waals surface area contributed by atoms with E-state index in [2.05, 4.69) is 31.0 Å². The molecule has 0 bridgehead atoms. The molecule has 0 radical (unpaired) electrons. The molecule has 0 saturated heterocycles. The van der Waals surface area contributed by atoms with Crippen molar-refractivity contribution >= 4 is 0 Å². The highest BCUT2D eigenvalue weighted by Crippen LogP contribution is 2.27. The topological polar surface area (TPSA) is 15.3 Å². The highest BCUT2D eigenvalue weighted by Gasteiger charge is 2.27. The Morgan fingerprint density at radius 1 is 1.06 bits per heavy atom. The minimum Gasteiger partial charge on any atom is -0.317 e. The van der Waals surface area contributed by atoms with Crippen molar-refractivity contribution in [1.82, 2.24) is 10.2 Å². The molecular formula is C16H34N2. The van der Waals surface area contributed by atoms with Gasteiger partial charge in [0, 0.05) is 6.04 Å². The van der Waals surface area contributed by atoms with Gasteiger partial charge >= 0.3 is 0 Å². The number of nitrogens with one attached hydrogen (secondary N) is 1. The van der Waals surface area contributed by atoms with Gasteiger partial charge in [0.05, 0.1) is 0 Å². The minimum absolute atomic E-state index is 0.853. The van der Waals surface area contributed by atoms with Crippen LogP contribution in [0.5, 0.6) is 0 Å². The summed E-state index contributed by atoms with van der Waals surface area (Å²) in [5.41, 5.74) is 0.